The van der Waals surface area contributed by atoms with Gasteiger partial charge in [-0.2, -0.15) is 0 Å². The van der Waals surface area contributed by atoms with Crippen LogP contribution >= 0.6 is 0 Å². The van der Waals surface area contributed by atoms with E-state index < -0.39 is 0 Å². The molecule has 0 saturated heterocycles. The van der Waals surface area contributed by atoms with Crippen LogP contribution < -0.4 is 0 Å². The van der Waals surface area contributed by atoms with Crippen LogP contribution in [0.5, 0.6) is 0 Å². The molecule has 0 aliphatic carbocycles. The van der Waals surface area contributed by atoms with Crippen molar-refractivity contribution in [2.75, 3.05) is 0 Å². The maximum atomic E-state index is 5.22. The van der Waals surface area contributed by atoms with Crippen LogP contribution in [-0.2, 0) is 0 Å². The summed E-state index contributed by atoms with van der Waals surface area (Å²) in [5.74, 6) is 0. The van der Waals surface area contributed by atoms with Crippen LogP contribution in [-0.4, -0.2) is 4.98 Å². The van der Waals surface area contributed by atoms with Crippen LogP contribution in [0.25, 0.3) is 77.1 Å². The average molecular weight is 534 g/mol. The van der Waals surface area contributed by atoms with E-state index in [0.29, 0.717) is 0 Å². The van der Waals surface area contributed by atoms with Crippen molar-refractivity contribution in [3.05, 3.63) is 164 Å². The quantitative estimate of drug-likeness (QED) is 0.219. The second kappa shape index (κ2) is 10.1. The molecule has 42 heavy (non-hydrogen) atoms. The SMILES string of the molecule is c1ccc(-c2ccc3c(-c4ccc(-c5cccc6ccccc56)cc4)cc(-c4ccc5ccccc5c4)nc3c2)cc1. The number of benzene rings is 7. The topological polar surface area (TPSA) is 12.9 Å². The number of rotatable bonds is 4. The normalized spacial score (nSPS) is 11.3. The van der Waals surface area contributed by atoms with E-state index in [1.54, 1.807) is 0 Å². The van der Waals surface area contributed by atoms with Gasteiger partial charge in [-0.15, -0.1) is 0 Å². The summed E-state index contributed by atoms with van der Waals surface area (Å²) in [6.45, 7) is 0. The minimum Gasteiger partial charge on any atom is -0.248 e. The zero-order chi connectivity index (χ0) is 27.9. The molecule has 0 bridgehead atoms. The Balaban J connectivity index is 1.30. The third-order valence-corrected chi connectivity index (χ3v) is 8.26. The Bertz CT molecular complexity index is 2220. The lowest BCUT2D eigenvalue weighted by Crippen LogP contribution is -1.91. The van der Waals surface area contributed by atoms with Crippen LogP contribution in [0.2, 0.25) is 0 Å². The molecule has 8 rings (SSSR count). The minimum absolute atomic E-state index is 0.978. The first kappa shape index (κ1) is 24.3. The van der Waals surface area contributed by atoms with Crippen molar-refractivity contribution >= 4 is 32.4 Å². The molecule has 1 nitrogen and oxygen atoms in total. The van der Waals surface area contributed by atoms with Crippen molar-refractivity contribution < 1.29 is 0 Å². The molecule has 196 valence electrons. The van der Waals surface area contributed by atoms with Gasteiger partial charge in [0.05, 0.1) is 11.2 Å². The third kappa shape index (κ3) is 4.33. The second-order valence-corrected chi connectivity index (χ2v) is 10.8. The highest BCUT2D eigenvalue weighted by molar-refractivity contribution is 6.00. The van der Waals surface area contributed by atoms with E-state index in [1.807, 2.05) is 0 Å². The predicted octanol–water partition coefficient (Wildman–Crippen LogP) is 11.2. The minimum atomic E-state index is 0.978. The van der Waals surface area contributed by atoms with Gasteiger partial charge in [-0.3, -0.25) is 0 Å². The number of nitrogens with zero attached hydrogens (tertiary/aromatic N) is 1. The Kier molecular flexibility index (Phi) is 5.86. The lowest BCUT2D eigenvalue weighted by Gasteiger charge is -2.13. The lowest BCUT2D eigenvalue weighted by atomic mass is 9.93. The molecular formula is C41H27N. The Morgan fingerprint density at radius 3 is 1.79 bits per heavy atom. The maximum Gasteiger partial charge on any atom is 0.0721 e. The van der Waals surface area contributed by atoms with Crippen LogP contribution in [0.4, 0.5) is 0 Å². The van der Waals surface area contributed by atoms with Crippen LogP contribution in [0.15, 0.2) is 164 Å². The van der Waals surface area contributed by atoms with Gasteiger partial charge in [0.15, 0.2) is 0 Å². The summed E-state index contributed by atoms with van der Waals surface area (Å²) in [7, 11) is 0. The molecule has 8 aromatic rings. The molecule has 0 radical (unpaired) electrons. The van der Waals surface area contributed by atoms with E-state index in [2.05, 4.69) is 164 Å². The van der Waals surface area contributed by atoms with Crippen LogP contribution in [0, 0.1) is 0 Å². The molecule has 0 fully saturated rings. The second-order valence-electron chi connectivity index (χ2n) is 10.8. The van der Waals surface area contributed by atoms with Crippen molar-refractivity contribution in [3.63, 3.8) is 0 Å². The number of hydrogen-bond donors (Lipinski definition) is 0. The lowest BCUT2D eigenvalue weighted by molar-refractivity contribution is 1.40. The number of fused-ring (bicyclic) bond motifs is 3. The van der Waals surface area contributed by atoms with Crippen molar-refractivity contribution in [1.29, 1.82) is 0 Å². The van der Waals surface area contributed by atoms with Gasteiger partial charge in [0.1, 0.15) is 0 Å². The molecule has 0 amide bonds. The van der Waals surface area contributed by atoms with Crippen LogP contribution in [0.3, 0.4) is 0 Å². The van der Waals surface area contributed by atoms with Gasteiger partial charge < -0.3 is 0 Å². The highest BCUT2D eigenvalue weighted by atomic mass is 14.7. The number of aromatic nitrogens is 1. The van der Waals surface area contributed by atoms with Crippen molar-refractivity contribution in [2.24, 2.45) is 0 Å². The van der Waals surface area contributed by atoms with Gasteiger partial charge in [0, 0.05) is 10.9 Å². The summed E-state index contributed by atoms with van der Waals surface area (Å²) in [5.41, 5.74) is 10.3. The zero-order valence-electron chi connectivity index (χ0n) is 23.0. The molecule has 0 saturated carbocycles. The molecule has 1 aromatic heterocycles. The summed E-state index contributed by atoms with van der Waals surface area (Å²) >= 11 is 0. The van der Waals surface area contributed by atoms with E-state index >= 15 is 0 Å². The van der Waals surface area contributed by atoms with Gasteiger partial charge in [0.25, 0.3) is 0 Å². The fourth-order valence-electron chi connectivity index (χ4n) is 6.08. The van der Waals surface area contributed by atoms with Gasteiger partial charge in [-0.1, -0.05) is 146 Å². The van der Waals surface area contributed by atoms with Gasteiger partial charge in [-0.05, 0) is 73.1 Å². The molecule has 7 aromatic carbocycles. The molecule has 0 N–H and O–H groups in total. The highest BCUT2D eigenvalue weighted by Gasteiger charge is 2.13. The third-order valence-electron chi connectivity index (χ3n) is 8.26. The number of hydrogen-bond acceptors (Lipinski definition) is 1. The standard InChI is InChI=1S/C41H27N/c1-2-9-28(10-3-1)34-23-24-38-39(27-40(42-41(38)26-34)35-22-17-29-11-4-5-13-33(29)25-35)32-20-18-31(19-21-32)37-16-8-14-30-12-6-7-15-36(30)37/h1-27H. The molecular weight excluding hydrogens is 506 g/mol. The van der Waals surface area contributed by atoms with E-state index in [1.165, 1.54) is 54.9 Å². The van der Waals surface area contributed by atoms with Crippen molar-refractivity contribution in [1.82, 2.24) is 4.98 Å². The smallest absolute Gasteiger partial charge is 0.0721 e. The molecule has 0 spiro atoms. The first-order valence-electron chi connectivity index (χ1n) is 14.4. The van der Waals surface area contributed by atoms with Gasteiger partial charge in [0.2, 0.25) is 0 Å². The zero-order valence-corrected chi connectivity index (χ0v) is 23.0. The largest absolute Gasteiger partial charge is 0.248 e. The monoisotopic (exact) mass is 533 g/mol. The Morgan fingerprint density at radius 1 is 0.310 bits per heavy atom. The molecule has 0 atom stereocenters. The first-order chi connectivity index (χ1) is 20.8. The summed E-state index contributed by atoms with van der Waals surface area (Å²) in [5, 5.41) is 6.13. The molecule has 0 unspecified atom stereocenters. The Hall–Kier alpha value is -5.53. The Morgan fingerprint density at radius 2 is 0.952 bits per heavy atom. The van der Waals surface area contributed by atoms with Gasteiger partial charge >= 0.3 is 0 Å². The number of pyridine rings is 1. The summed E-state index contributed by atoms with van der Waals surface area (Å²) in [4.78, 5) is 5.22. The van der Waals surface area contributed by atoms with Crippen molar-refractivity contribution in [2.45, 2.75) is 0 Å². The molecule has 0 aliphatic heterocycles. The molecule has 1 heterocycles. The summed E-state index contributed by atoms with van der Waals surface area (Å²) < 4.78 is 0. The summed E-state index contributed by atoms with van der Waals surface area (Å²) in [6, 6.07) is 58.7. The average Bonchev–Trinajstić information content (AvgIpc) is 3.07. The van der Waals surface area contributed by atoms with E-state index in [4.69, 9.17) is 4.98 Å². The van der Waals surface area contributed by atoms with E-state index in [-0.39, 0.29) is 0 Å². The van der Waals surface area contributed by atoms with Crippen molar-refractivity contribution in [3.8, 4) is 44.6 Å². The first-order valence-corrected chi connectivity index (χ1v) is 14.4. The molecule has 0 aliphatic rings. The molecule has 1 heteroatoms. The van der Waals surface area contributed by atoms with E-state index in [0.717, 1.165) is 22.2 Å². The fourth-order valence-corrected chi connectivity index (χ4v) is 6.08. The van der Waals surface area contributed by atoms with Crippen LogP contribution in [0.1, 0.15) is 0 Å². The predicted molar refractivity (Wildman–Crippen MR) is 178 cm³/mol. The highest BCUT2D eigenvalue weighted by Crippen LogP contribution is 2.37. The fraction of sp³-hybridized carbons (Fsp3) is 0. The Labute approximate surface area is 245 Å². The summed E-state index contributed by atoms with van der Waals surface area (Å²) in [6.07, 6.45) is 0. The van der Waals surface area contributed by atoms with E-state index in [9.17, 15) is 0 Å². The van der Waals surface area contributed by atoms with Gasteiger partial charge in [-0.25, -0.2) is 4.98 Å². The maximum absolute atomic E-state index is 5.22.